The minimum Gasteiger partial charge on any atom is -0.385 e. The first-order valence-electron chi connectivity index (χ1n) is 7.30. The topological polar surface area (TPSA) is 60.2 Å². The summed E-state index contributed by atoms with van der Waals surface area (Å²) in [6, 6.07) is 0. The second-order valence-electron chi connectivity index (χ2n) is 5.49. The first-order valence-corrected chi connectivity index (χ1v) is 7.30. The van der Waals surface area contributed by atoms with Crippen molar-refractivity contribution in [2.24, 2.45) is 11.8 Å². The molecule has 0 aromatic carbocycles. The Kier molecular flexibility index (Phi) is 5.79. The number of aryl methyl sites for hydroxylation is 1. The van der Waals surface area contributed by atoms with Crippen LogP contribution in [-0.2, 0) is 17.6 Å². The maximum absolute atomic E-state index is 5.33. The molecule has 1 N–H and O–H groups in total. The zero-order valence-electron chi connectivity index (χ0n) is 12.0. The summed E-state index contributed by atoms with van der Waals surface area (Å²) in [7, 11) is 1.71. The number of piperidine rings is 1. The zero-order valence-corrected chi connectivity index (χ0v) is 12.0. The molecule has 2 rings (SSSR count). The summed E-state index contributed by atoms with van der Waals surface area (Å²) in [6.07, 6.45) is 5.25. The van der Waals surface area contributed by atoms with Crippen LogP contribution in [0.1, 0.15) is 37.9 Å². The third-order valence-electron chi connectivity index (χ3n) is 3.90. The van der Waals surface area contributed by atoms with Gasteiger partial charge in [-0.15, -0.1) is 0 Å². The van der Waals surface area contributed by atoms with Crippen molar-refractivity contribution in [3.05, 3.63) is 11.7 Å². The van der Waals surface area contributed by atoms with Crippen molar-refractivity contribution >= 4 is 0 Å². The monoisotopic (exact) mass is 267 g/mol. The molecule has 1 fully saturated rings. The normalized spacial score (nSPS) is 21.5. The number of nitrogens with one attached hydrogen (secondary N) is 1. The standard InChI is InChI=1S/C14H25N3O2/c1-11(12-5-3-7-15-10-12)9-14-16-13(17-19-14)6-4-8-18-2/h11-12,15H,3-10H2,1-2H3. The fourth-order valence-electron chi connectivity index (χ4n) is 2.66. The summed E-state index contributed by atoms with van der Waals surface area (Å²) >= 11 is 0. The molecule has 0 aliphatic carbocycles. The van der Waals surface area contributed by atoms with Gasteiger partial charge in [-0.3, -0.25) is 0 Å². The van der Waals surface area contributed by atoms with E-state index in [1.807, 2.05) is 0 Å². The summed E-state index contributed by atoms with van der Waals surface area (Å²) < 4.78 is 10.4. The van der Waals surface area contributed by atoms with Gasteiger partial charge in [0.15, 0.2) is 5.82 Å². The fourth-order valence-corrected chi connectivity index (χ4v) is 2.66. The first kappa shape index (κ1) is 14.5. The summed E-state index contributed by atoms with van der Waals surface area (Å²) in [4.78, 5) is 4.46. The quantitative estimate of drug-likeness (QED) is 0.764. The van der Waals surface area contributed by atoms with Gasteiger partial charge in [-0.25, -0.2) is 0 Å². The lowest BCUT2D eigenvalue weighted by Gasteiger charge is -2.27. The molecule has 5 nitrogen and oxygen atoms in total. The Balaban J connectivity index is 1.78. The van der Waals surface area contributed by atoms with Crippen LogP contribution in [-0.4, -0.2) is 36.9 Å². The highest BCUT2D eigenvalue weighted by Gasteiger charge is 2.22. The van der Waals surface area contributed by atoms with E-state index in [1.54, 1.807) is 7.11 Å². The van der Waals surface area contributed by atoms with E-state index in [0.717, 1.165) is 56.6 Å². The van der Waals surface area contributed by atoms with E-state index >= 15 is 0 Å². The van der Waals surface area contributed by atoms with E-state index in [1.165, 1.54) is 12.8 Å². The van der Waals surface area contributed by atoms with Gasteiger partial charge in [0.05, 0.1) is 0 Å². The van der Waals surface area contributed by atoms with Crippen LogP contribution in [0.15, 0.2) is 4.52 Å². The lowest BCUT2D eigenvalue weighted by Crippen LogP contribution is -2.33. The number of hydrogen-bond donors (Lipinski definition) is 1. The van der Waals surface area contributed by atoms with Crippen molar-refractivity contribution in [3.63, 3.8) is 0 Å². The van der Waals surface area contributed by atoms with Crippen LogP contribution < -0.4 is 5.32 Å². The molecule has 0 bridgehead atoms. The molecule has 0 saturated carbocycles. The largest absolute Gasteiger partial charge is 0.385 e. The highest BCUT2D eigenvalue weighted by Crippen LogP contribution is 2.22. The van der Waals surface area contributed by atoms with Gasteiger partial charge in [0.25, 0.3) is 0 Å². The van der Waals surface area contributed by atoms with Gasteiger partial charge in [-0.2, -0.15) is 4.98 Å². The summed E-state index contributed by atoms with van der Waals surface area (Å²) in [6.45, 7) is 5.31. The predicted octanol–water partition coefficient (Wildman–Crippen LogP) is 1.83. The first-order chi connectivity index (χ1) is 9.29. The van der Waals surface area contributed by atoms with Crippen LogP contribution in [0.2, 0.25) is 0 Å². The van der Waals surface area contributed by atoms with E-state index in [9.17, 15) is 0 Å². The fraction of sp³-hybridized carbons (Fsp3) is 0.857. The lowest BCUT2D eigenvalue weighted by atomic mass is 9.85. The van der Waals surface area contributed by atoms with Crippen LogP contribution in [0, 0.1) is 11.8 Å². The molecule has 19 heavy (non-hydrogen) atoms. The van der Waals surface area contributed by atoms with E-state index < -0.39 is 0 Å². The Morgan fingerprint density at radius 1 is 1.53 bits per heavy atom. The molecular weight excluding hydrogens is 242 g/mol. The summed E-state index contributed by atoms with van der Waals surface area (Å²) in [5.74, 6) is 2.92. The molecule has 0 radical (unpaired) electrons. The number of ether oxygens (including phenoxy) is 1. The predicted molar refractivity (Wildman–Crippen MR) is 73.0 cm³/mol. The molecule has 0 spiro atoms. The Morgan fingerprint density at radius 2 is 2.42 bits per heavy atom. The van der Waals surface area contributed by atoms with Crippen LogP contribution in [0.25, 0.3) is 0 Å². The van der Waals surface area contributed by atoms with Crippen molar-refractivity contribution in [1.82, 2.24) is 15.5 Å². The minimum atomic E-state index is 0.597. The Labute approximate surface area is 115 Å². The Hall–Kier alpha value is -0.940. The average Bonchev–Trinajstić information content (AvgIpc) is 2.88. The molecule has 1 aliphatic heterocycles. The van der Waals surface area contributed by atoms with Gasteiger partial charge in [-0.1, -0.05) is 12.1 Å². The number of rotatable bonds is 7. The van der Waals surface area contributed by atoms with Crippen LogP contribution in [0.5, 0.6) is 0 Å². The van der Waals surface area contributed by atoms with E-state index in [0.29, 0.717) is 5.92 Å². The lowest BCUT2D eigenvalue weighted by molar-refractivity contribution is 0.194. The number of methoxy groups -OCH3 is 1. The van der Waals surface area contributed by atoms with Gasteiger partial charge in [-0.05, 0) is 44.2 Å². The maximum atomic E-state index is 5.33. The maximum Gasteiger partial charge on any atom is 0.226 e. The molecular formula is C14H25N3O2. The number of aromatic nitrogens is 2. The molecule has 1 aromatic heterocycles. The SMILES string of the molecule is COCCCc1noc(CC(C)C2CCCNC2)n1. The second kappa shape index (κ2) is 7.60. The molecule has 1 aliphatic rings. The molecule has 2 atom stereocenters. The van der Waals surface area contributed by atoms with Gasteiger partial charge in [0, 0.05) is 26.6 Å². The highest BCUT2D eigenvalue weighted by atomic mass is 16.5. The van der Waals surface area contributed by atoms with Crippen molar-refractivity contribution in [2.45, 2.75) is 39.0 Å². The summed E-state index contributed by atoms with van der Waals surface area (Å²) in [5, 5.41) is 7.49. The zero-order chi connectivity index (χ0) is 13.5. The third kappa shape index (κ3) is 4.58. The minimum absolute atomic E-state index is 0.597. The summed E-state index contributed by atoms with van der Waals surface area (Å²) in [5.41, 5.74) is 0. The van der Waals surface area contributed by atoms with Gasteiger partial charge in [0.1, 0.15) is 0 Å². The molecule has 108 valence electrons. The molecule has 1 saturated heterocycles. The molecule has 1 aromatic rings. The number of nitrogens with zero attached hydrogens (tertiary/aromatic N) is 2. The molecule has 0 amide bonds. The second-order valence-corrected chi connectivity index (χ2v) is 5.49. The molecule has 2 heterocycles. The number of hydrogen-bond acceptors (Lipinski definition) is 5. The molecule has 5 heteroatoms. The third-order valence-corrected chi connectivity index (χ3v) is 3.90. The van der Waals surface area contributed by atoms with Crippen molar-refractivity contribution in [3.8, 4) is 0 Å². The van der Waals surface area contributed by atoms with E-state index in [2.05, 4.69) is 22.4 Å². The smallest absolute Gasteiger partial charge is 0.226 e. The van der Waals surface area contributed by atoms with Crippen molar-refractivity contribution in [1.29, 1.82) is 0 Å². The van der Waals surface area contributed by atoms with E-state index in [4.69, 9.17) is 9.26 Å². The Morgan fingerprint density at radius 3 is 3.16 bits per heavy atom. The van der Waals surface area contributed by atoms with Crippen LogP contribution in [0.3, 0.4) is 0 Å². The van der Waals surface area contributed by atoms with E-state index in [-0.39, 0.29) is 0 Å². The van der Waals surface area contributed by atoms with Gasteiger partial charge >= 0.3 is 0 Å². The Bertz CT molecular complexity index is 361. The van der Waals surface area contributed by atoms with Crippen molar-refractivity contribution < 1.29 is 9.26 Å². The van der Waals surface area contributed by atoms with Crippen molar-refractivity contribution in [2.75, 3.05) is 26.8 Å². The molecule has 2 unspecified atom stereocenters. The average molecular weight is 267 g/mol. The highest BCUT2D eigenvalue weighted by molar-refractivity contribution is 4.89. The van der Waals surface area contributed by atoms with Gasteiger partial charge in [0.2, 0.25) is 5.89 Å². The van der Waals surface area contributed by atoms with Gasteiger partial charge < -0.3 is 14.6 Å². The van der Waals surface area contributed by atoms with Crippen LogP contribution in [0.4, 0.5) is 0 Å². The van der Waals surface area contributed by atoms with Crippen LogP contribution >= 0.6 is 0 Å².